The summed E-state index contributed by atoms with van der Waals surface area (Å²) in [5.41, 5.74) is 0. The first kappa shape index (κ1) is 17.7. The molecule has 0 aromatic heterocycles. The predicted molar refractivity (Wildman–Crippen MR) is 54.4 cm³/mol. The van der Waals surface area contributed by atoms with Crippen molar-refractivity contribution in [3.8, 4) is 0 Å². The highest BCUT2D eigenvalue weighted by Gasteiger charge is 2.33. The van der Waals surface area contributed by atoms with E-state index in [2.05, 4.69) is 0 Å². The fourth-order valence-corrected chi connectivity index (χ4v) is 0.694. The molecule has 0 aliphatic heterocycles. The Balaban J connectivity index is 0. The largest absolute Gasteiger partial charge is 0.481 e. The van der Waals surface area contributed by atoms with E-state index in [0.29, 0.717) is 6.61 Å². The van der Waals surface area contributed by atoms with Crippen molar-refractivity contribution in [3.63, 3.8) is 0 Å². The molecule has 0 spiro atoms. The molecule has 0 bridgehead atoms. The van der Waals surface area contributed by atoms with Gasteiger partial charge in [-0.15, -0.1) is 0 Å². The first-order chi connectivity index (χ1) is 7.77. The molecule has 2 unspecified atom stereocenters. The van der Waals surface area contributed by atoms with Gasteiger partial charge in [0.2, 0.25) is 0 Å². The fraction of sp³-hybridized carbons (Fsp3) is 0.667. The lowest BCUT2D eigenvalue weighted by molar-refractivity contribution is -0.162. The number of aliphatic hydroxyl groups is 2. The molecule has 0 saturated heterocycles. The summed E-state index contributed by atoms with van der Waals surface area (Å²) in [7, 11) is 0. The number of carboxylic acids is 3. The van der Waals surface area contributed by atoms with E-state index < -0.39 is 36.4 Å². The zero-order valence-corrected chi connectivity index (χ0v) is 9.24. The molecule has 0 amide bonds. The Hall–Kier alpha value is -1.67. The van der Waals surface area contributed by atoms with Gasteiger partial charge in [0, 0.05) is 6.61 Å². The van der Waals surface area contributed by atoms with Crippen molar-refractivity contribution in [2.75, 3.05) is 6.61 Å². The molecule has 0 radical (unpaired) electrons. The summed E-state index contributed by atoms with van der Waals surface area (Å²) in [6.45, 7) is 2.25. The second-order valence-corrected chi connectivity index (χ2v) is 3.05. The first-order valence-electron chi connectivity index (χ1n) is 4.74. The van der Waals surface area contributed by atoms with Crippen LogP contribution in [-0.4, -0.2) is 56.2 Å². The second kappa shape index (κ2) is 9.55. The smallest absolute Gasteiger partial charge is 0.333 e. The van der Waals surface area contributed by atoms with Crippen molar-refractivity contribution in [1.82, 2.24) is 0 Å². The van der Waals surface area contributed by atoms with Crippen LogP contribution in [0.2, 0.25) is 0 Å². The van der Waals surface area contributed by atoms with Crippen LogP contribution in [0.4, 0.5) is 0 Å². The minimum Gasteiger partial charge on any atom is -0.481 e. The molecule has 0 aliphatic rings. The lowest BCUT2D eigenvalue weighted by atomic mass is 9.99. The molecular formula is C9H16O8. The Morgan fingerprint density at radius 3 is 1.65 bits per heavy atom. The molecule has 5 N–H and O–H groups in total. The number of hydrogen-bond donors (Lipinski definition) is 5. The van der Waals surface area contributed by atoms with Crippen LogP contribution in [-0.2, 0) is 14.4 Å². The summed E-state index contributed by atoms with van der Waals surface area (Å²) in [5, 5.41) is 41.4. The Kier molecular flexibility index (Phi) is 9.95. The molecule has 8 nitrogen and oxygen atoms in total. The van der Waals surface area contributed by atoms with Crippen LogP contribution in [0.5, 0.6) is 0 Å². The van der Waals surface area contributed by atoms with Crippen molar-refractivity contribution in [2.45, 2.75) is 25.9 Å². The van der Waals surface area contributed by atoms with Gasteiger partial charge in [-0.3, -0.25) is 9.59 Å². The van der Waals surface area contributed by atoms with Crippen molar-refractivity contribution >= 4 is 17.9 Å². The Morgan fingerprint density at radius 2 is 1.47 bits per heavy atom. The molecule has 8 heteroatoms. The van der Waals surface area contributed by atoms with Gasteiger partial charge in [-0.2, -0.15) is 0 Å². The standard InChI is InChI=1S/C6H8O7.C3H8O/c7-3(8)1-2(5(10)11)4(9)6(12)13;1-2-3-4/h2,4,9H,1H2,(H,7,8)(H,10,11)(H,12,13);4H,2-3H2,1H3. The number of hydrogen-bond acceptors (Lipinski definition) is 5. The molecule has 0 fully saturated rings. The van der Waals surface area contributed by atoms with Crippen LogP contribution in [0.3, 0.4) is 0 Å². The lowest BCUT2D eigenvalue weighted by Crippen LogP contribution is -2.36. The molecule has 0 aliphatic carbocycles. The average molecular weight is 252 g/mol. The maximum atomic E-state index is 10.3. The van der Waals surface area contributed by atoms with E-state index in [0.717, 1.165) is 6.42 Å². The molecule has 0 heterocycles. The zero-order chi connectivity index (χ0) is 14.0. The zero-order valence-electron chi connectivity index (χ0n) is 9.24. The van der Waals surface area contributed by atoms with Crippen LogP contribution in [0.15, 0.2) is 0 Å². The molecule has 0 aromatic carbocycles. The van der Waals surface area contributed by atoms with Gasteiger partial charge < -0.3 is 25.5 Å². The molecule has 0 saturated carbocycles. The van der Waals surface area contributed by atoms with Crippen molar-refractivity contribution in [3.05, 3.63) is 0 Å². The van der Waals surface area contributed by atoms with Gasteiger partial charge in [0.05, 0.1) is 6.42 Å². The van der Waals surface area contributed by atoms with Crippen molar-refractivity contribution in [2.24, 2.45) is 5.92 Å². The number of rotatable bonds is 6. The van der Waals surface area contributed by atoms with Crippen molar-refractivity contribution in [1.29, 1.82) is 0 Å². The molecule has 0 aromatic rings. The van der Waals surface area contributed by atoms with Gasteiger partial charge in [0.25, 0.3) is 0 Å². The minimum absolute atomic E-state index is 0.319. The maximum Gasteiger partial charge on any atom is 0.333 e. The molecule has 2 atom stereocenters. The van der Waals surface area contributed by atoms with E-state index in [9.17, 15) is 14.4 Å². The van der Waals surface area contributed by atoms with Gasteiger partial charge in [0.1, 0.15) is 5.92 Å². The minimum atomic E-state index is -2.20. The third-order valence-corrected chi connectivity index (χ3v) is 1.57. The number of carbonyl (C=O) groups is 3. The van der Waals surface area contributed by atoms with E-state index in [1.54, 1.807) is 0 Å². The summed E-state index contributed by atoms with van der Waals surface area (Å²) in [6, 6.07) is 0. The van der Waals surface area contributed by atoms with Gasteiger partial charge in [-0.05, 0) is 6.42 Å². The second-order valence-electron chi connectivity index (χ2n) is 3.05. The van der Waals surface area contributed by atoms with E-state index >= 15 is 0 Å². The van der Waals surface area contributed by atoms with E-state index in [4.69, 9.17) is 25.5 Å². The quantitative estimate of drug-likeness (QED) is 0.403. The first-order valence-corrected chi connectivity index (χ1v) is 4.74. The number of carboxylic acid groups (broad SMARTS) is 3. The van der Waals surface area contributed by atoms with Gasteiger partial charge in [-0.25, -0.2) is 4.79 Å². The van der Waals surface area contributed by atoms with Gasteiger partial charge >= 0.3 is 17.9 Å². The summed E-state index contributed by atoms with van der Waals surface area (Å²) in [5.74, 6) is -6.71. The lowest BCUT2D eigenvalue weighted by Gasteiger charge is -2.12. The predicted octanol–water partition coefficient (Wildman–Crippen LogP) is -1.00. The average Bonchev–Trinajstić information content (AvgIpc) is 2.24. The van der Waals surface area contributed by atoms with E-state index in [-0.39, 0.29) is 0 Å². The molecule has 100 valence electrons. The van der Waals surface area contributed by atoms with Gasteiger partial charge in [0.15, 0.2) is 6.10 Å². The topological polar surface area (TPSA) is 152 Å². The molecular weight excluding hydrogens is 236 g/mol. The summed E-state index contributed by atoms with van der Waals surface area (Å²) in [6.07, 6.45) is -2.25. The highest BCUT2D eigenvalue weighted by molar-refractivity contribution is 5.85. The maximum absolute atomic E-state index is 10.3. The van der Waals surface area contributed by atoms with Gasteiger partial charge in [-0.1, -0.05) is 6.92 Å². The monoisotopic (exact) mass is 252 g/mol. The molecule has 17 heavy (non-hydrogen) atoms. The fourth-order valence-electron chi connectivity index (χ4n) is 0.694. The van der Waals surface area contributed by atoms with Crippen LogP contribution in [0.1, 0.15) is 19.8 Å². The van der Waals surface area contributed by atoms with E-state index in [1.807, 2.05) is 6.92 Å². The highest BCUT2D eigenvalue weighted by Crippen LogP contribution is 2.09. The Morgan fingerprint density at radius 1 is 1.06 bits per heavy atom. The Labute approximate surface area is 97.1 Å². The summed E-state index contributed by atoms with van der Waals surface area (Å²) < 4.78 is 0. The number of aliphatic carboxylic acids is 3. The van der Waals surface area contributed by atoms with Crippen LogP contribution >= 0.6 is 0 Å². The normalized spacial score (nSPS) is 12.9. The summed E-state index contributed by atoms with van der Waals surface area (Å²) in [4.78, 5) is 30.5. The summed E-state index contributed by atoms with van der Waals surface area (Å²) >= 11 is 0. The van der Waals surface area contributed by atoms with Crippen molar-refractivity contribution < 1.29 is 39.9 Å². The third-order valence-electron chi connectivity index (χ3n) is 1.57. The Bertz CT molecular complexity index is 260. The molecule has 0 rings (SSSR count). The third kappa shape index (κ3) is 9.27. The van der Waals surface area contributed by atoms with Crippen LogP contribution < -0.4 is 0 Å². The SMILES string of the molecule is CCCO.O=C(O)CC(C(=O)O)C(O)C(=O)O. The highest BCUT2D eigenvalue weighted by atomic mass is 16.4. The van der Waals surface area contributed by atoms with Crippen LogP contribution in [0, 0.1) is 5.92 Å². The number of aliphatic hydroxyl groups excluding tert-OH is 2. The van der Waals surface area contributed by atoms with Crippen LogP contribution in [0.25, 0.3) is 0 Å². The van der Waals surface area contributed by atoms with E-state index in [1.165, 1.54) is 0 Å².